The van der Waals surface area contributed by atoms with Crippen LogP contribution in [-0.2, 0) is 96.5 Å². The third-order valence-corrected chi connectivity index (χ3v) is 19.7. The molecule has 6 aromatic carbocycles. The molecule has 0 atom stereocenters. The minimum absolute atomic E-state index is 0.229. The number of amides is 2. The standard InChI is InChI=1S/C84H56F24N6O14/c1-117-23-123-17-31-59(85)71(97)53(72(98)60(31)86)47-29-15-45(113-83(29)115)51(57-79(105)67(93)35(21-127-27-121-5)68(94)80(57)106)43-13-12-42(112-43)50(56-77(103)65(91)34(20-126-26-120-4)66(92)78(56)104)40-10-8-38(110-40)48(54-73(99)61(87)32(18-124-24-118-2)62(88)74(54)100)30-16-46(114-84(30)116)52(58-81(107)69(95)36(22-128-28-122-6)70(96)82(58)108)44-14-11-41(111-44)49(39-9-7-37(47)109-39)55-75(101)63(89)33(19-125-25-119-3)64(90)76(55)102/h7-16,109-110H,17-28H2,1-6H3,(H,113,115)(H,114,116). The second-order valence-electron chi connectivity index (χ2n) is 27.3. The molecule has 0 radical (unpaired) electrons. The smallest absolute Gasteiger partial charge is 0.256 e. The molecular formula is C84H56F24N6O14. The zero-order valence-corrected chi connectivity index (χ0v) is 65.9. The number of ether oxygens (including phenoxy) is 12. The number of benzene rings is 6. The maximum atomic E-state index is 17.6. The Kier molecular flexibility index (Phi) is 28.2. The number of carbonyl (C=O) groups excluding carboxylic acids is 2. The van der Waals surface area contributed by atoms with Gasteiger partial charge in [0.15, 0.2) is 140 Å². The predicted octanol–water partition coefficient (Wildman–Crippen LogP) is 20.1. The molecule has 128 heavy (non-hydrogen) atoms. The van der Waals surface area contributed by atoms with E-state index in [2.05, 4.69) is 19.9 Å². The largest absolute Gasteiger partial charge is 0.359 e. The molecule has 44 heteroatoms. The van der Waals surface area contributed by atoms with Crippen LogP contribution < -0.4 is 10.6 Å². The number of anilines is 2. The van der Waals surface area contributed by atoms with Crippen LogP contribution in [0.25, 0.3) is 113 Å². The van der Waals surface area contributed by atoms with Gasteiger partial charge in [0.05, 0.1) is 152 Å². The van der Waals surface area contributed by atoms with E-state index in [1.807, 2.05) is 10.6 Å². The zero-order chi connectivity index (χ0) is 92.6. The van der Waals surface area contributed by atoms with Gasteiger partial charge < -0.3 is 77.4 Å². The molecule has 4 aliphatic heterocycles. The van der Waals surface area contributed by atoms with E-state index in [0.29, 0.717) is 48.6 Å². The average molecular weight is 1830 g/mol. The molecule has 20 nitrogen and oxygen atoms in total. The van der Waals surface area contributed by atoms with E-state index >= 15 is 115 Å². The summed E-state index contributed by atoms with van der Waals surface area (Å²) < 4.78 is 472. The van der Waals surface area contributed by atoms with Gasteiger partial charge in [-0.3, -0.25) is 9.59 Å². The number of H-pyrrole nitrogens is 2. The first kappa shape index (κ1) is 93.3. The first-order valence-corrected chi connectivity index (χ1v) is 36.4. The van der Waals surface area contributed by atoms with Crippen molar-refractivity contribution in [2.24, 2.45) is 0 Å². The Morgan fingerprint density at radius 3 is 0.602 bits per heavy atom. The van der Waals surface area contributed by atoms with E-state index in [4.69, 9.17) is 56.8 Å². The van der Waals surface area contributed by atoms with Crippen molar-refractivity contribution in [2.75, 3.05) is 94.1 Å². The number of fused-ring (bicyclic) bond motifs is 12. The first-order valence-electron chi connectivity index (χ1n) is 36.4. The lowest BCUT2D eigenvalue weighted by molar-refractivity contribution is -0.0410. The number of nitrogens with one attached hydrogen (secondary N) is 4. The van der Waals surface area contributed by atoms with Crippen molar-refractivity contribution in [1.29, 1.82) is 0 Å². The number of nitrogens with zero attached hydrogens (tertiary/aromatic N) is 2. The van der Waals surface area contributed by atoms with Gasteiger partial charge in [0.2, 0.25) is 0 Å². The summed E-state index contributed by atoms with van der Waals surface area (Å²) in [4.78, 5) is 43.6. The topological polar surface area (TPSA) is 226 Å². The monoisotopic (exact) mass is 1830 g/mol. The molecule has 4 aliphatic rings. The number of hydrogen-bond acceptors (Lipinski definition) is 16. The predicted molar refractivity (Wildman–Crippen MR) is 402 cm³/mol. The average Bonchev–Trinajstić information content (AvgIpc) is 1.57. The Morgan fingerprint density at radius 1 is 0.234 bits per heavy atom. The summed E-state index contributed by atoms with van der Waals surface area (Å²) in [5, 5.41) is 3.93. The number of carbonyl (C=O) groups is 2. The van der Waals surface area contributed by atoms with Gasteiger partial charge in [-0.15, -0.1) is 0 Å². The molecule has 2 amide bonds. The summed E-state index contributed by atoms with van der Waals surface area (Å²) in [5.74, 6) is -62.6. The van der Waals surface area contributed by atoms with Gasteiger partial charge in [0.1, 0.15) is 40.8 Å². The fourth-order valence-corrected chi connectivity index (χ4v) is 14.1. The molecule has 7 heterocycles. The van der Waals surface area contributed by atoms with Crippen molar-refractivity contribution in [3.8, 4) is 66.8 Å². The molecule has 9 aromatic rings. The van der Waals surface area contributed by atoms with Gasteiger partial charge in [0.25, 0.3) is 11.8 Å². The van der Waals surface area contributed by atoms with E-state index in [1.165, 1.54) is 0 Å². The van der Waals surface area contributed by atoms with Crippen LogP contribution in [-0.4, -0.2) is 115 Å². The van der Waals surface area contributed by atoms with E-state index in [0.717, 1.165) is 42.7 Å². The molecule has 0 spiro atoms. The van der Waals surface area contributed by atoms with Crippen LogP contribution >= 0.6 is 0 Å². The summed E-state index contributed by atoms with van der Waals surface area (Å²) in [7, 11) is 5.98. The quantitative estimate of drug-likeness (QED) is 0.0142. The molecule has 13 rings (SSSR count). The minimum Gasteiger partial charge on any atom is -0.359 e. The van der Waals surface area contributed by atoms with Crippen LogP contribution in [0.4, 0.5) is 117 Å². The molecule has 12 bridgehead atoms. The lowest BCUT2D eigenvalue weighted by Gasteiger charge is -2.15. The molecular weight excluding hydrogens is 1770 g/mol. The maximum Gasteiger partial charge on any atom is 0.256 e. The van der Waals surface area contributed by atoms with Gasteiger partial charge >= 0.3 is 0 Å². The highest BCUT2D eigenvalue weighted by molar-refractivity contribution is 6.19. The molecule has 0 aliphatic carbocycles. The Labute approximate surface area is 702 Å². The Morgan fingerprint density at radius 2 is 0.406 bits per heavy atom. The second kappa shape index (κ2) is 38.7. The van der Waals surface area contributed by atoms with Gasteiger partial charge in [-0.05, 0) is 60.7 Å². The SMILES string of the molecule is COCOCc1c(F)c(F)c(-c2c3cc(c(-c4c(F)c(F)c(COCOC)c(F)c4F)c4ccc([nH]4)c(-c4c(F)c(F)c(COCOC)c(F)c4F)c4nc(c(-c5c(F)c(F)c(COCOC)c(F)c5F)c5cc(c(-c6c(F)c(F)c(COCOC)c(F)c6F)c6ccc([nH]6)c(-c6c(F)c(F)c(COCOC)c(F)c6F)c6nc2C=C6)C(=O)N5)C=C4)C(=O)N3)c(F)c1F. The van der Waals surface area contributed by atoms with Crippen LogP contribution in [0.3, 0.4) is 0 Å². The number of methoxy groups -OCH3 is 6. The molecule has 0 unspecified atom stereocenters. The van der Waals surface area contributed by atoms with Crippen molar-refractivity contribution in [1.82, 2.24) is 19.9 Å². The van der Waals surface area contributed by atoms with E-state index in [9.17, 15) is 0 Å². The lowest BCUT2D eigenvalue weighted by atomic mass is 9.96. The second-order valence-corrected chi connectivity index (χ2v) is 27.3. The number of hydrogen-bond donors (Lipinski definition) is 4. The Balaban J connectivity index is 1.34. The Bertz CT molecular complexity index is 5970. The number of halogens is 24. The number of rotatable bonds is 30. The molecule has 3 aromatic heterocycles. The highest BCUT2D eigenvalue weighted by Crippen LogP contribution is 2.50. The van der Waals surface area contributed by atoms with Crippen molar-refractivity contribution in [3.63, 3.8) is 0 Å². The molecule has 0 saturated carbocycles. The minimum atomic E-state index is -2.54. The summed E-state index contributed by atoms with van der Waals surface area (Å²) in [6.07, 6.45) is 1.91. The normalized spacial score (nSPS) is 12.5. The van der Waals surface area contributed by atoms with Crippen molar-refractivity contribution in [2.45, 2.75) is 39.6 Å². The van der Waals surface area contributed by atoms with Crippen molar-refractivity contribution in [3.05, 3.63) is 243 Å². The van der Waals surface area contributed by atoms with Crippen LogP contribution in [0.2, 0.25) is 0 Å². The zero-order valence-electron chi connectivity index (χ0n) is 65.9. The van der Waals surface area contributed by atoms with Gasteiger partial charge in [-0.1, -0.05) is 0 Å². The number of aromatic amines is 2. The molecule has 674 valence electrons. The van der Waals surface area contributed by atoms with Crippen LogP contribution in [0.1, 0.15) is 76.9 Å². The van der Waals surface area contributed by atoms with Gasteiger partial charge in [-0.25, -0.2) is 115 Å². The fraction of sp³-hybridized carbons (Fsp3) is 0.214. The molecule has 4 N–H and O–H groups in total. The molecule has 0 saturated heterocycles. The van der Waals surface area contributed by atoms with Crippen LogP contribution in [0.15, 0.2) is 36.4 Å². The first-order chi connectivity index (χ1) is 61.2. The van der Waals surface area contributed by atoms with Crippen LogP contribution in [0, 0.1) is 140 Å². The van der Waals surface area contributed by atoms with Crippen molar-refractivity contribution >= 4 is 69.6 Å². The maximum absolute atomic E-state index is 17.6. The summed E-state index contributed by atoms with van der Waals surface area (Å²) in [6.45, 7) is -13.3. The van der Waals surface area contributed by atoms with Crippen LogP contribution in [0.5, 0.6) is 0 Å². The lowest BCUT2D eigenvalue weighted by Crippen LogP contribution is -2.12. The third kappa shape index (κ3) is 16.7. The van der Waals surface area contributed by atoms with E-state index in [1.54, 1.807) is 0 Å². The van der Waals surface area contributed by atoms with E-state index < -0.39 is 399 Å². The Hall–Kier alpha value is -12.3. The van der Waals surface area contributed by atoms with E-state index in [-0.39, 0.29) is 12.1 Å². The summed E-state index contributed by atoms with van der Waals surface area (Å²) in [6, 6.07) is 2.44. The number of aromatic nitrogens is 4. The third-order valence-electron chi connectivity index (χ3n) is 19.7. The van der Waals surface area contributed by atoms with Gasteiger partial charge in [-0.2, -0.15) is 0 Å². The fourth-order valence-electron chi connectivity index (χ4n) is 14.1. The summed E-state index contributed by atoms with van der Waals surface area (Å²) >= 11 is 0. The molecule has 0 fully saturated rings. The van der Waals surface area contributed by atoms with Gasteiger partial charge in [0, 0.05) is 98.1 Å². The van der Waals surface area contributed by atoms with Crippen molar-refractivity contribution < 1.29 is 172 Å². The highest BCUT2D eigenvalue weighted by Gasteiger charge is 2.41. The summed E-state index contributed by atoms with van der Waals surface area (Å²) in [5.41, 5.74) is -46.7. The highest BCUT2D eigenvalue weighted by atomic mass is 19.2.